The number of hydrogen-bond donors (Lipinski definition) is 0. The lowest BCUT2D eigenvalue weighted by Gasteiger charge is -2.10. The third-order valence-corrected chi connectivity index (χ3v) is 4.64. The second-order valence-electron chi connectivity index (χ2n) is 6.30. The van der Waals surface area contributed by atoms with Crippen molar-refractivity contribution in [2.24, 2.45) is 0 Å². The molecule has 0 fully saturated rings. The Bertz CT molecular complexity index is 836. The number of hydrogen-bond acceptors (Lipinski definition) is 3. The van der Waals surface area contributed by atoms with Gasteiger partial charge in [-0.3, -0.25) is 0 Å². The highest BCUT2D eigenvalue weighted by molar-refractivity contribution is 7.09. The van der Waals surface area contributed by atoms with Crippen LogP contribution >= 0.6 is 11.3 Å². The van der Waals surface area contributed by atoms with E-state index in [4.69, 9.17) is 4.74 Å². The third-order valence-electron chi connectivity index (χ3n) is 3.82. The van der Waals surface area contributed by atoms with Crippen LogP contribution in [-0.2, 0) is 13.0 Å². The molecule has 3 rings (SSSR count). The molecule has 0 spiro atoms. The summed E-state index contributed by atoms with van der Waals surface area (Å²) in [6.07, 6.45) is 1.06. The Morgan fingerprint density at radius 3 is 2.38 bits per heavy atom. The van der Waals surface area contributed by atoms with E-state index in [0.29, 0.717) is 6.61 Å². The lowest BCUT2D eigenvalue weighted by Crippen LogP contribution is -1.96. The Morgan fingerprint density at radius 2 is 1.85 bits per heavy atom. The molecule has 0 bridgehead atoms. The van der Waals surface area contributed by atoms with Crippen molar-refractivity contribution in [3.05, 3.63) is 87.9 Å². The molecule has 0 saturated carbocycles. The van der Waals surface area contributed by atoms with Crippen molar-refractivity contribution in [1.29, 1.82) is 0 Å². The van der Waals surface area contributed by atoms with Gasteiger partial charge in [0.05, 0.1) is 10.7 Å². The lowest BCUT2D eigenvalue weighted by atomic mass is 10.1. The number of nitrogens with zero attached hydrogens (tertiary/aromatic N) is 1. The summed E-state index contributed by atoms with van der Waals surface area (Å²) in [4.78, 5) is 4.25. The predicted molar refractivity (Wildman–Crippen MR) is 113 cm³/mol. The molecule has 0 aliphatic rings. The van der Waals surface area contributed by atoms with Crippen LogP contribution in [0.25, 0.3) is 5.57 Å². The SMILES string of the molecule is C=C(C)c1cc(C)cc(OCc2ccccc2)c1.CCc1csc(C)n1. The minimum atomic E-state index is 0.597. The maximum absolute atomic E-state index is 5.82. The lowest BCUT2D eigenvalue weighted by molar-refractivity contribution is 0.306. The number of aromatic nitrogens is 1. The van der Waals surface area contributed by atoms with Crippen molar-refractivity contribution in [3.8, 4) is 5.75 Å². The van der Waals surface area contributed by atoms with E-state index in [2.05, 4.69) is 55.1 Å². The monoisotopic (exact) mass is 365 g/mol. The van der Waals surface area contributed by atoms with Crippen molar-refractivity contribution >= 4 is 16.9 Å². The molecule has 1 heterocycles. The Balaban J connectivity index is 0.000000254. The topological polar surface area (TPSA) is 22.1 Å². The van der Waals surface area contributed by atoms with Gasteiger partial charge in [-0.15, -0.1) is 11.3 Å². The number of allylic oxidation sites excluding steroid dienone is 1. The number of thiazole rings is 1. The molecular weight excluding hydrogens is 338 g/mol. The van der Waals surface area contributed by atoms with E-state index in [1.807, 2.05) is 38.1 Å². The molecule has 0 saturated heterocycles. The van der Waals surface area contributed by atoms with Crippen molar-refractivity contribution in [2.45, 2.75) is 40.7 Å². The highest BCUT2D eigenvalue weighted by atomic mass is 32.1. The molecule has 1 aromatic heterocycles. The zero-order valence-corrected chi connectivity index (χ0v) is 16.9. The first-order valence-electron chi connectivity index (χ1n) is 8.83. The van der Waals surface area contributed by atoms with Gasteiger partial charge >= 0.3 is 0 Å². The van der Waals surface area contributed by atoms with E-state index in [9.17, 15) is 0 Å². The largest absolute Gasteiger partial charge is 0.489 e. The predicted octanol–water partition coefficient (Wildman–Crippen LogP) is 6.62. The summed E-state index contributed by atoms with van der Waals surface area (Å²) in [6.45, 7) is 12.8. The molecule has 0 aliphatic carbocycles. The minimum Gasteiger partial charge on any atom is -0.489 e. The first kappa shape index (κ1) is 19.9. The fourth-order valence-electron chi connectivity index (χ4n) is 2.39. The molecule has 0 N–H and O–H groups in total. The zero-order chi connectivity index (χ0) is 18.9. The minimum absolute atomic E-state index is 0.597. The summed E-state index contributed by atoms with van der Waals surface area (Å²) >= 11 is 1.72. The number of benzene rings is 2. The Labute approximate surface area is 161 Å². The van der Waals surface area contributed by atoms with Gasteiger partial charge < -0.3 is 4.74 Å². The van der Waals surface area contributed by atoms with E-state index in [0.717, 1.165) is 23.3 Å². The van der Waals surface area contributed by atoms with Gasteiger partial charge in [-0.25, -0.2) is 4.98 Å². The fraction of sp³-hybridized carbons (Fsp3) is 0.261. The molecule has 3 heteroatoms. The van der Waals surface area contributed by atoms with Gasteiger partial charge in [-0.1, -0.05) is 55.5 Å². The van der Waals surface area contributed by atoms with E-state index >= 15 is 0 Å². The van der Waals surface area contributed by atoms with Gasteiger partial charge in [0.25, 0.3) is 0 Å². The first-order valence-corrected chi connectivity index (χ1v) is 9.71. The van der Waals surface area contributed by atoms with Gasteiger partial charge in [0, 0.05) is 5.38 Å². The summed E-state index contributed by atoms with van der Waals surface area (Å²) in [5, 5.41) is 3.27. The van der Waals surface area contributed by atoms with E-state index in [1.54, 1.807) is 11.3 Å². The average molecular weight is 366 g/mol. The highest BCUT2D eigenvalue weighted by Crippen LogP contribution is 2.22. The van der Waals surface area contributed by atoms with Gasteiger partial charge in [0.2, 0.25) is 0 Å². The molecular formula is C23H27NOS. The van der Waals surface area contributed by atoms with Crippen LogP contribution in [0, 0.1) is 13.8 Å². The molecule has 0 aliphatic heterocycles. The summed E-state index contributed by atoms with van der Waals surface area (Å²) in [7, 11) is 0. The van der Waals surface area contributed by atoms with Crippen LogP contribution in [0.3, 0.4) is 0 Å². The molecule has 0 amide bonds. The van der Waals surface area contributed by atoms with E-state index in [1.165, 1.54) is 21.8 Å². The molecule has 2 nitrogen and oxygen atoms in total. The number of rotatable bonds is 5. The molecule has 0 atom stereocenters. The van der Waals surface area contributed by atoms with Gasteiger partial charge in [0.15, 0.2) is 0 Å². The maximum Gasteiger partial charge on any atom is 0.120 e. The van der Waals surface area contributed by atoms with Gasteiger partial charge in [0.1, 0.15) is 12.4 Å². The van der Waals surface area contributed by atoms with Crippen molar-refractivity contribution in [2.75, 3.05) is 0 Å². The van der Waals surface area contributed by atoms with Crippen LogP contribution in [0.15, 0.2) is 60.5 Å². The van der Waals surface area contributed by atoms with Crippen LogP contribution in [0.1, 0.15) is 41.2 Å². The van der Waals surface area contributed by atoms with Crippen molar-refractivity contribution < 1.29 is 4.74 Å². The summed E-state index contributed by atoms with van der Waals surface area (Å²) in [6, 6.07) is 16.4. The fourth-order valence-corrected chi connectivity index (χ4v) is 3.09. The second-order valence-corrected chi connectivity index (χ2v) is 7.36. The van der Waals surface area contributed by atoms with Crippen LogP contribution in [0.4, 0.5) is 0 Å². The Morgan fingerprint density at radius 1 is 1.12 bits per heavy atom. The molecule has 136 valence electrons. The third kappa shape index (κ3) is 6.49. The van der Waals surface area contributed by atoms with Crippen LogP contribution in [0.5, 0.6) is 5.75 Å². The van der Waals surface area contributed by atoms with Gasteiger partial charge in [-0.05, 0) is 56.0 Å². The average Bonchev–Trinajstić information content (AvgIpc) is 3.06. The molecule has 2 aromatic carbocycles. The Kier molecular flexibility index (Phi) is 7.61. The van der Waals surface area contributed by atoms with E-state index < -0.39 is 0 Å². The molecule has 0 unspecified atom stereocenters. The summed E-state index contributed by atoms with van der Waals surface area (Å²) < 4.78 is 5.82. The van der Waals surface area contributed by atoms with Crippen LogP contribution in [0.2, 0.25) is 0 Å². The van der Waals surface area contributed by atoms with Crippen molar-refractivity contribution in [1.82, 2.24) is 4.98 Å². The molecule has 3 aromatic rings. The molecule has 26 heavy (non-hydrogen) atoms. The maximum atomic E-state index is 5.82. The zero-order valence-electron chi connectivity index (χ0n) is 16.1. The smallest absolute Gasteiger partial charge is 0.120 e. The number of ether oxygens (including phenoxy) is 1. The Hall–Kier alpha value is -2.39. The number of aryl methyl sites for hydroxylation is 3. The molecule has 0 radical (unpaired) electrons. The van der Waals surface area contributed by atoms with Crippen LogP contribution < -0.4 is 4.74 Å². The second kappa shape index (κ2) is 9.93. The van der Waals surface area contributed by atoms with Crippen LogP contribution in [-0.4, -0.2) is 4.98 Å². The van der Waals surface area contributed by atoms with Gasteiger partial charge in [-0.2, -0.15) is 0 Å². The van der Waals surface area contributed by atoms with Crippen molar-refractivity contribution in [3.63, 3.8) is 0 Å². The first-order chi connectivity index (χ1) is 12.5. The summed E-state index contributed by atoms with van der Waals surface area (Å²) in [5.41, 5.74) is 5.78. The summed E-state index contributed by atoms with van der Waals surface area (Å²) in [5.74, 6) is 0.900. The quantitative estimate of drug-likeness (QED) is 0.507. The normalized spacial score (nSPS) is 10.0. The standard InChI is InChI=1S/C17H18O.C6H9NS/c1-13(2)16-9-14(3)10-17(11-16)18-12-15-7-5-4-6-8-15;1-3-6-4-8-5(2)7-6/h4-11H,1,12H2,2-3H3;4H,3H2,1-2H3. The highest BCUT2D eigenvalue weighted by Gasteiger charge is 2.01. The van der Waals surface area contributed by atoms with E-state index in [-0.39, 0.29) is 0 Å².